The molecule has 0 atom stereocenters. The minimum atomic E-state index is -0.377. The zero-order valence-corrected chi connectivity index (χ0v) is 11.3. The molecule has 0 saturated carbocycles. The Balaban J connectivity index is 2.18. The molecular formula is C13H20N4O2. The summed E-state index contributed by atoms with van der Waals surface area (Å²) < 4.78 is 0. The minimum absolute atomic E-state index is 0.104. The number of hydrazine groups is 1. The molecule has 0 unspecified atom stereocenters. The molecule has 3 N–H and O–H groups in total. The highest BCUT2D eigenvalue weighted by Gasteiger charge is 2.29. The van der Waals surface area contributed by atoms with E-state index in [1.54, 1.807) is 12.1 Å². The highest BCUT2D eigenvalue weighted by atomic mass is 16.6. The van der Waals surface area contributed by atoms with Gasteiger partial charge in [0.05, 0.1) is 10.6 Å². The van der Waals surface area contributed by atoms with Gasteiger partial charge in [-0.2, -0.15) is 0 Å². The highest BCUT2D eigenvalue weighted by Crippen LogP contribution is 2.31. The van der Waals surface area contributed by atoms with Crippen molar-refractivity contribution in [3.63, 3.8) is 0 Å². The van der Waals surface area contributed by atoms with E-state index in [9.17, 15) is 10.1 Å². The van der Waals surface area contributed by atoms with Gasteiger partial charge in [-0.1, -0.05) is 13.8 Å². The maximum atomic E-state index is 10.8. The van der Waals surface area contributed by atoms with E-state index in [1.807, 2.05) is 0 Å². The fourth-order valence-electron chi connectivity index (χ4n) is 2.57. The summed E-state index contributed by atoms with van der Waals surface area (Å²) in [5, 5.41) is 10.8. The van der Waals surface area contributed by atoms with Crippen molar-refractivity contribution in [2.24, 2.45) is 11.3 Å². The number of nitrogens with one attached hydrogen (secondary N) is 1. The van der Waals surface area contributed by atoms with Crippen molar-refractivity contribution >= 4 is 11.4 Å². The van der Waals surface area contributed by atoms with Crippen molar-refractivity contribution in [2.45, 2.75) is 26.8 Å². The number of benzene rings is 1. The van der Waals surface area contributed by atoms with Crippen LogP contribution in [0.5, 0.6) is 0 Å². The number of nitro benzene ring substituents is 1. The van der Waals surface area contributed by atoms with Gasteiger partial charge in [0.25, 0.3) is 5.69 Å². The first-order valence-electron chi connectivity index (χ1n) is 6.37. The topological polar surface area (TPSA) is 84.4 Å². The van der Waals surface area contributed by atoms with Crippen LogP contribution in [-0.2, 0) is 6.54 Å². The van der Waals surface area contributed by atoms with Crippen molar-refractivity contribution in [1.82, 2.24) is 4.90 Å². The zero-order chi connectivity index (χ0) is 14.0. The third-order valence-corrected chi connectivity index (χ3v) is 3.61. The molecule has 19 heavy (non-hydrogen) atoms. The molecule has 6 nitrogen and oxygen atoms in total. The largest absolute Gasteiger partial charge is 0.324 e. The number of hydrogen-bond acceptors (Lipinski definition) is 5. The first-order valence-corrected chi connectivity index (χ1v) is 6.37. The van der Waals surface area contributed by atoms with E-state index in [1.165, 1.54) is 6.07 Å². The molecule has 1 aromatic carbocycles. The van der Waals surface area contributed by atoms with Gasteiger partial charge in [-0.05, 0) is 30.0 Å². The summed E-state index contributed by atoms with van der Waals surface area (Å²) in [6, 6.07) is 4.72. The summed E-state index contributed by atoms with van der Waals surface area (Å²) in [6.45, 7) is 7.18. The van der Waals surface area contributed by atoms with Gasteiger partial charge in [0.15, 0.2) is 0 Å². The van der Waals surface area contributed by atoms with Crippen LogP contribution in [-0.4, -0.2) is 22.9 Å². The number of nitro groups is 1. The molecule has 0 radical (unpaired) electrons. The Morgan fingerprint density at radius 2 is 2.26 bits per heavy atom. The highest BCUT2D eigenvalue weighted by molar-refractivity contribution is 5.55. The number of nitrogens with two attached hydrogens (primary N) is 1. The van der Waals surface area contributed by atoms with Crippen molar-refractivity contribution in [1.29, 1.82) is 0 Å². The second-order valence-electron chi connectivity index (χ2n) is 5.87. The number of hydrogen-bond donors (Lipinski definition) is 2. The molecule has 2 rings (SSSR count). The van der Waals surface area contributed by atoms with Crippen LogP contribution in [0.15, 0.2) is 18.2 Å². The van der Waals surface area contributed by atoms with Crippen LogP contribution in [0.2, 0.25) is 0 Å². The Morgan fingerprint density at radius 1 is 1.53 bits per heavy atom. The molecule has 0 aliphatic carbocycles. The van der Waals surface area contributed by atoms with Gasteiger partial charge in [-0.3, -0.25) is 20.9 Å². The van der Waals surface area contributed by atoms with Crippen LogP contribution >= 0.6 is 0 Å². The normalized spacial score (nSPS) is 18.5. The molecule has 6 heteroatoms. The van der Waals surface area contributed by atoms with Crippen molar-refractivity contribution in [2.75, 3.05) is 18.5 Å². The predicted octanol–water partition coefficient (Wildman–Crippen LogP) is 2.11. The number of likely N-dealkylation sites (tertiary alicyclic amines) is 1. The summed E-state index contributed by atoms with van der Waals surface area (Å²) in [6.07, 6.45) is 1.15. The smallest absolute Gasteiger partial charge is 0.269 e. The Kier molecular flexibility index (Phi) is 3.73. The van der Waals surface area contributed by atoms with Gasteiger partial charge < -0.3 is 5.43 Å². The molecule has 0 amide bonds. The van der Waals surface area contributed by atoms with E-state index in [-0.39, 0.29) is 10.6 Å². The minimum Gasteiger partial charge on any atom is -0.324 e. The summed E-state index contributed by atoms with van der Waals surface area (Å²) >= 11 is 0. The van der Waals surface area contributed by atoms with E-state index in [2.05, 4.69) is 24.2 Å². The second-order valence-corrected chi connectivity index (χ2v) is 5.87. The van der Waals surface area contributed by atoms with Crippen LogP contribution in [0.4, 0.5) is 11.4 Å². The Labute approximate surface area is 112 Å². The van der Waals surface area contributed by atoms with Crippen LogP contribution < -0.4 is 11.3 Å². The average Bonchev–Trinajstić information content (AvgIpc) is 2.68. The first kappa shape index (κ1) is 13.8. The molecule has 104 valence electrons. The zero-order valence-electron chi connectivity index (χ0n) is 11.3. The van der Waals surface area contributed by atoms with Gasteiger partial charge in [0, 0.05) is 25.2 Å². The lowest BCUT2D eigenvalue weighted by Gasteiger charge is -2.20. The molecule has 1 fully saturated rings. The third kappa shape index (κ3) is 3.21. The lowest BCUT2D eigenvalue weighted by molar-refractivity contribution is -0.384. The number of nitrogen functional groups attached to an aromatic ring is 1. The lowest BCUT2D eigenvalue weighted by atomic mass is 9.93. The van der Waals surface area contributed by atoms with E-state index < -0.39 is 0 Å². The SMILES string of the molecule is CC1(C)CCN(Cc2cc([N+](=O)[O-])ccc2NN)C1. The fourth-order valence-corrected chi connectivity index (χ4v) is 2.57. The van der Waals surface area contributed by atoms with Gasteiger partial charge in [0.2, 0.25) is 0 Å². The number of rotatable bonds is 4. The Hall–Kier alpha value is -1.66. The maximum Gasteiger partial charge on any atom is 0.269 e. The van der Waals surface area contributed by atoms with E-state index in [0.717, 1.165) is 30.8 Å². The summed E-state index contributed by atoms with van der Waals surface area (Å²) in [5.41, 5.74) is 4.64. The van der Waals surface area contributed by atoms with Gasteiger partial charge in [0.1, 0.15) is 0 Å². The van der Waals surface area contributed by atoms with E-state index >= 15 is 0 Å². The number of anilines is 1. The van der Waals surface area contributed by atoms with Crippen molar-refractivity contribution < 1.29 is 4.92 Å². The molecule has 1 aliphatic heterocycles. The molecule has 1 saturated heterocycles. The third-order valence-electron chi connectivity index (χ3n) is 3.61. The molecule has 0 bridgehead atoms. The Morgan fingerprint density at radius 3 is 2.79 bits per heavy atom. The van der Waals surface area contributed by atoms with Crippen molar-refractivity contribution in [3.8, 4) is 0 Å². The summed E-state index contributed by atoms with van der Waals surface area (Å²) in [4.78, 5) is 12.8. The van der Waals surface area contributed by atoms with Gasteiger partial charge in [-0.25, -0.2) is 0 Å². The van der Waals surface area contributed by atoms with Crippen LogP contribution in [0.25, 0.3) is 0 Å². The predicted molar refractivity (Wildman–Crippen MR) is 74.6 cm³/mol. The number of nitrogens with zero attached hydrogens (tertiary/aromatic N) is 2. The average molecular weight is 264 g/mol. The molecule has 0 aromatic heterocycles. The first-order chi connectivity index (χ1) is 8.91. The van der Waals surface area contributed by atoms with Crippen LogP contribution in [0.3, 0.4) is 0 Å². The fraction of sp³-hybridized carbons (Fsp3) is 0.538. The van der Waals surface area contributed by atoms with Crippen LogP contribution in [0.1, 0.15) is 25.8 Å². The second kappa shape index (κ2) is 5.14. The lowest BCUT2D eigenvalue weighted by Crippen LogP contribution is -2.24. The molecule has 0 spiro atoms. The molecular weight excluding hydrogens is 244 g/mol. The molecule has 1 heterocycles. The van der Waals surface area contributed by atoms with Crippen LogP contribution in [0, 0.1) is 15.5 Å². The molecule has 1 aromatic rings. The monoisotopic (exact) mass is 264 g/mol. The standard InChI is InChI=1S/C13H20N4O2/c1-13(2)5-6-16(9-13)8-10-7-11(17(18)19)3-4-12(10)15-14/h3-4,7,15H,5-6,8-9,14H2,1-2H3. The summed E-state index contributed by atoms with van der Waals surface area (Å²) in [5.74, 6) is 5.47. The van der Waals surface area contributed by atoms with Gasteiger partial charge in [-0.15, -0.1) is 0 Å². The Bertz CT molecular complexity index is 488. The molecule has 1 aliphatic rings. The number of non-ortho nitro benzene ring substituents is 1. The van der Waals surface area contributed by atoms with E-state index in [4.69, 9.17) is 5.84 Å². The van der Waals surface area contributed by atoms with Gasteiger partial charge >= 0.3 is 0 Å². The van der Waals surface area contributed by atoms with Crippen molar-refractivity contribution in [3.05, 3.63) is 33.9 Å². The van der Waals surface area contributed by atoms with E-state index in [0.29, 0.717) is 12.0 Å². The quantitative estimate of drug-likeness (QED) is 0.494. The summed E-state index contributed by atoms with van der Waals surface area (Å²) in [7, 11) is 0. The maximum absolute atomic E-state index is 10.8.